The molecular formula is C19H16IN3O. The second kappa shape index (κ2) is 7.60. The van der Waals surface area contributed by atoms with Crippen LogP contribution in [0.4, 0.5) is 0 Å². The lowest BCUT2D eigenvalue weighted by Gasteiger charge is -2.19. The van der Waals surface area contributed by atoms with Gasteiger partial charge in [-0.1, -0.05) is 24.3 Å². The summed E-state index contributed by atoms with van der Waals surface area (Å²) in [7, 11) is 1.95. The molecule has 0 radical (unpaired) electrons. The molecule has 0 saturated heterocycles. The molecule has 3 rings (SSSR count). The van der Waals surface area contributed by atoms with Gasteiger partial charge in [-0.3, -0.25) is 0 Å². The highest BCUT2D eigenvalue weighted by Gasteiger charge is 2.18. The Morgan fingerprint density at radius 2 is 1.88 bits per heavy atom. The number of hydrogen-bond donors (Lipinski definition) is 0. The summed E-state index contributed by atoms with van der Waals surface area (Å²) in [6.07, 6.45) is 3.35. The highest BCUT2D eigenvalue weighted by Crippen LogP contribution is 2.27. The van der Waals surface area contributed by atoms with Crippen molar-refractivity contribution in [1.29, 1.82) is 5.26 Å². The molecule has 0 aliphatic carbocycles. The topological polar surface area (TPSA) is 50.8 Å². The number of hydrogen-bond acceptors (Lipinski definition) is 3. The second-order valence-electron chi connectivity index (χ2n) is 5.48. The van der Waals surface area contributed by atoms with Crippen LogP contribution in [0.2, 0.25) is 0 Å². The number of nitriles is 1. The fourth-order valence-electron chi connectivity index (χ4n) is 2.47. The lowest BCUT2D eigenvalue weighted by atomic mass is 10.0. The van der Waals surface area contributed by atoms with Gasteiger partial charge in [0, 0.05) is 10.6 Å². The highest BCUT2D eigenvalue weighted by molar-refractivity contribution is 14.1. The van der Waals surface area contributed by atoms with Crippen LogP contribution in [0.1, 0.15) is 28.5 Å². The molecule has 2 aromatic carbocycles. The van der Waals surface area contributed by atoms with Gasteiger partial charge in [-0.05, 0) is 58.0 Å². The first-order valence-corrected chi connectivity index (χ1v) is 8.57. The van der Waals surface area contributed by atoms with E-state index >= 15 is 0 Å². The SMILES string of the molecule is Cn1cncc1C(OCc1ccc(I)cc1)c1ccc(C#N)cc1. The summed E-state index contributed by atoms with van der Waals surface area (Å²) in [5.41, 5.74) is 3.74. The average molecular weight is 429 g/mol. The molecular weight excluding hydrogens is 413 g/mol. The first kappa shape index (κ1) is 16.7. The molecule has 1 aromatic heterocycles. The van der Waals surface area contributed by atoms with Crippen molar-refractivity contribution in [2.75, 3.05) is 0 Å². The standard InChI is InChI=1S/C19H16IN3O/c1-23-13-22-11-18(23)19(16-6-2-14(10-21)3-7-16)24-12-15-4-8-17(20)9-5-15/h2-9,11,13,19H,12H2,1H3. The Morgan fingerprint density at radius 3 is 2.46 bits per heavy atom. The smallest absolute Gasteiger partial charge is 0.124 e. The molecule has 1 atom stereocenters. The van der Waals surface area contributed by atoms with Gasteiger partial charge in [-0.25, -0.2) is 4.98 Å². The molecule has 0 spiro atoms. The van der Waals surface area contributed by atoms with Crippen LogP contribution in [0.3, 0.4) is 0 Å². The summed E-state index contributed by atoms with van der Waals surface area (Å²) in [5.74, 6) is 0. The molecule has 120 valence electrons. The van der Waals surface area contributed by atoms with Crippen LogP contribution in [0.25, 0.3) is 0 Å². The lowest BCUT2D eigenvalue weighted by molar-refractivity contribution is 0.0622. The Balaban J connectivity index is 1.86. The van der Waals surface area contributed by atoms with Gasteiger partial charge in [0.2, 0.25) is 0 Å². The van der Waals surface area contributed by atoms with E-state index in [1.54, 1.807) is 6.33 Å². The van der Waals surface area contributed by atoms with E-state index in [1.807, 2.05) is 42.1 Å². The molecule has 5 heteroatoms. The minimum absolute atomic E-state index is 0.232. The third kappa shape index (κ3) is 3.83. The van der Waals surface area contributed by atoms with Crippen molar-refractivity contribution in [3.8, 4) is 6.07 Å². The highest BCUT2D eigenvalue weighted by atomic mass is 127. The van der Waals surface area contributed by atoms with E-state index in [1.165, 1.54) is 3.57 Å². The summed E-state index contributed by atoms with van der Waals surface area (Å²) < 4.78 is 9.36. The number of halogens is 1. The van der Waals surface area contributed by atoms with Crippen molar-refractivity contribution in [2.24, 2.45) is 7.05 Å². The van der Waals surface area contributed by atoms with Gasteiger partial charge < -0.3 is 9.30 Å². The molecule has 1 heterocycles. The Hall–Kier alpha value is -2.17. The lowest BCUT2D eigenvalue weighted by Crippen LogP contribution is -2.10. The van der Waals surface area contributed by atoms with Crippen molar-refractivity contribution in [3.05, 3.63) is 87.0 Å². The zero-order chi connectivity index (χ0) is 16.9. The van der Waals surface area contributed by atoms with E-state index < -0.39 is 0 Å². The maximum Gasteiger partial charge on any atom is 0.124 e. The zero-order valence-electron chi connectivity index (χ0n) is 13.2. The fourth-order valence-corrected chi connectivity index (χ4v) is 2.82. The summed E-state index contributed by atoms with van der Waals surface area (Å²) >= 11 is 2.29. The Morgan fingerprint density at radius 1 is 1.17 bits per heavy atom. The fraction of sp³-hybridized carbons (Fsp3) is 0.158. The van der Waals surface area contributed by atoms with Crippen molar-refractivity contribution >= 4 is 22.6 Å². The van der Waals surface area contributed by atoms with E-state index in [0.29, 0.717) is 12.2 Å². The van der Waals surface area contributed by atoms with Crippen LogP contribution in [0, 0.1) is 14.9 Å². The van der Waals surface area contributed by atoms with E-state index in [4.69, 9.17) is 10.00 Å². The van der Waals surface area contributed by atoms with Crippen molar-refractivity contribution in [3.63, 3.8) is 0 Å². The predicted molar refractivity (Wildman–Crippen MR) is 100 cm³/mol. The zero-order valence-corrected chi connectivity index (χ0v) is 15.3. The third-order valence-electron chi connectivity index (χ3n) is 3.80. The molecule has 4 nitrogen and oxygen atoms in total. The Bertz CT molecular complexity index is 848. The molecule has 0 fully saturated rings. The molecule has 0 amide bonds. The van der Waals surface area contributed by atoms with E-state index in [0.717, 1.165) is 16.8 Å². The summed E-state index contributed by atoms with van der Waals surface area (Å²) in [4.78, 5) is 4.20. The molecule has 0 aliphatic rings. The van der Waals surface area contributed by atoms with E-state index in [9.17, 15) is 0 Å². The monoisotopic (exact) mass is 429 g/mol. The van der Waals surface area contributed by atoms with Crippen molar-refractivity contribution < 1.29 is 4.74 Å². The van der Waals surface area contributed by atoms with Crippen LogP contribution >= 0.6 is 22.6 Å². The van der Waals surface area contributed by atoms with Crippen LogP contribution in [-0.2, 0) is 18.4 Å². The molecule has 0 N–H and O–H groups in total. The molecule has 0 aliphatic heterocycles. The minimum Gasteiger partial charge on any atom is -0.363 e. The average Bonchev–Trinajstić information content (AvgIpc) is 3.03. The van der Waals surface area contributed by atoms with E-state index in [2.05, 4.69) is 57.9 Å². The number of benzene rings is 2. The second-order valence-corrected chi connectivity index (χ2v) is 6.73. The molecule has 24 heavy (non-hydrogen) atoms. The van der Waals surface area contributed by atoms with Crippen molar-refractivity contribution in [2.45, 2.75) is 12.7 Å². The maximum absolute atomic E-state index is 8.97. The van der Waals surface area contributed by atoms with Crippen molar-refractivity contribution in [1.82, 2.24) is 9.55 Å². The maximum atomic E-state index is 8.97. The van der Waals surface area contributed by atoms with Gasteiger partial charge in [0.25, 0.3) is 0 Å². The first-order chi connectivity index (χ1) is 11.7. The molecule has 1 unspecified atom stereocenters. The Labute approximate surface area is 154 Å². The normalized spacial score (nSPS) is 11.9. The largest absolute Gasteiger partial charge is 0.363 e. The number of imidazole rings is 1. The number of ether oxygens (including phenoxy) is 1. The van der Waals surface area contributed by atoms with Crippen LogP contribution < -0.4 is 0 Å². The number of aryl methyl sites for hydroxylation is 1. The van der Waals surface area contributed by atoms with Gasteiger partial charge in [0.1, 0.15) is 6.10 Å². The van der Waals surface area contributed by atoms with E-state index in [-0.39, 0.29) is 6.10 Å². The minimum atomic E-state index is -0.232. The van der Waals surface area contributed by atoms with Gasteiger partial charge in [0.05, 0.1) is 36.5 Å². The Kier molecular flexibility index (Phi) is 5.28. The molecule has 0 bridgehead atoms. The van der Waals surface area contributed by atoms with Crippen LogP contribution in [0.5, 0.6) is 0 Å². The first-order valence-electron chi connectivity index (χ1n) is 7.49. The molecule has 3 aromatic rings. The molecule has 0 saturated carbocycles. The summed E-state index contributed by atoms with van der Waals surface area (Å²) in [6.45, 7) is 0.507. The van der Waals surface area contributed by atoms with Gasteiger partial charge in [0.15, 0.2) is 0 Å². The predicted octanol–water partition coefficient (Wildman–Crippen LogP) is 4.20. The third-order valence-corrected chi connectivity index (χ3v) is 4.51. The quantitative estimate of drug-likeness (QED) is 0.572. The van der Waals surface area contributed by atoms with Crippen LogP contribution in [0.15, 0.2) is 61.1 Å². The van der Waals surface area contributed by atoms with Gasteiger partial charge in [-0.15, -0.1) is 0 Å². The van der Waals surface area contributed by atoms with Gasteiger partial charge in [-0.2, -0.15) is 5.26 Å². The van der Waals surface area contributed by atoms with Crippen LogP contribution in [-0.4, -0.2) is 9.55 Å². The summed E-state index contributed by atoms with van der Waals surface area (Å²) in [5, 5.41) is 8.97. The van der Waals surface area contributed by atoms with Gasteiger partial charge >= 0.3 is 0 Å². The number of nitrogens with zero attached hydrogens (tertiary/aromatic N) is 3. The number of aromatic nitrogens is 2. The summed E-state index contributed by atoms with van der Waals surface area (Å²) in [6, 6.07) is 17.9. The number of rotatable bonds is 5.